The van der Waals surface area contributed by atoms with E-state index >= 15 is 0 Å². The second kappa shape index (κ2) is 5.83. The number of aromatic nitrogens is 4. The number of carbonyl (C=O) groups is 1. The summed E-state index contributed by atoms with van der Waals surface area (Å²) in [7, 11) is 1.93. The number of fused-ring (bicyclic) bond motifs is 3. The third kappa shape index (κ3) is 2.29. The van der Waals surface area contributed by atoms with Crippen molar-refractivity contribution in [3.8, 4) is 11.4 Å². The Morgan fingerprint density at radius 1 is 1.04 bits per heavy atom. The molecular formula is C20H21N5O. The summed E-state index contributed by atoms with van der Waals surface area (Å²) in [5.41, 5.74) is 1.83. The van der Waals surface area contributed by atoms with Crippen LogP contribution in [0.5, 0.6) is 0 Å². The summed E-state index contributed by atoms with van der Waals surface area (Å²) in [5, 5.41) is 8.90. The molecule has 2 aliphatic rings. The monoisotopic (exact) mass is 347 g/mol. The Labute approximate surface area is 152 Å². The molecule has 26 heavy (non-hydrogen) atoms. The molecule has 1 fully saturated rings. The molecule has 1 aromatic carbocycles. The molecule has 1 amide bonds. The third-order valence-electron chi connectivity index (χ3n) is 5.69. The summed E-state index contributed by atoms with van der Waals surface area (Å²) in [6, 6.07) is 14.4. The van der Waals surface area contributed by atoms with Gasteiger partial charge in [-0.15, -0.1) is 10.2 Å². The number of rotatable bonds is 2. The van der Waals surface area contributed by atoms with Gasteiger partial charge in [0.2, 0.25) is 0 Å². The van der Waals surface area contributed by atoms with Crippen LogP contribution in [-0.2, 0) is 20.0 Å². The molecule has 0 N–H and O–H groups in total. The molecule has 6 heteroatoms. The highest BCUT2D eigenvalue weighted by Crippen LogP contribution is 2.34. The quantitative estimate of drug-likeness (QED) is 0.716. The van der Waals surface area contributed by atoms with Crippen molar-refractivity contribution in [2.24, 2.45) is 7.05 Å². The number of carbonyl (C=O) groups excluding carboxylic acids is 1. The topological polar surface area (TPSA) is 56.0 Å². The maximum absolute atomic E-state index is 13.2. The Kier molecular flexibility index (Phi) is 3.45. The van der Waals surface area contributed by atoms with Gasteiger partial charge in [0.1, 0.15) is 11.5 Å². The third-order valence-corrected chi connectivity index (χ3v) is 5.69. The van der Waals surface area contributed by atoms with E-state index in [9.17, 15) is 4.79 Å². The maximum atomic E-state index is 13.2. The molecule has 0 radical (unpaired) electrons. The lowest BCUT2D eigenvalue weighted by Crippen LogP contribution is -2.42. The SMILES string of the molecule is Cn1cccc1C(=O)N1C2CCC1Cn1c(nnc1-c1ccccc1)C2. The fraction of sp³-hybridized carbons (Fsp3) is 0.350. The van der Waals surface area contributed by atoms with Crippen molar-refractivity contribution < 1.29 is 4.79 Å². The predicted molar refractivity (Wildman–Crippen MR) is 97.6 cm³/mol. The zero-order valence-corrected chi connectivity index (χ0v) is 14.7. The van der Waals surface area contributed by atoms with E-state index in [-0.39, 0.29) is 18.0 Å². The molecule has 2 atom stereocenters. The molecule has 4 heterocycles. The fourth-order valence-electron chi connectivity index (χ4n) is 4.39. The molecular weight excluding hydrogens is 326 g/mol. The molecule has 0 saturated carbocycles. The van der Waals surface area contributed by atoms with E-state index in [1.807, 2.05) is 48.1 Å². The highest BCUT2D eigenvalue weighted by atomic mass is 16.2. The zero-order chi connectivity index (χ0) is 17.7. The Morgan fingerprint density at radius 3 is 2.62 bits per heavy atom. The lowest BCUT2D eigenvalue weighted by Gasteiger charge is -2.28. The minimum Gasteiger partial charge on any atom is -0.347 e. The molecule has 2 aliphatic heterocycles. The molecule has 2 bridgehead atoms. The lowest BCUT2D eigenvalue weighted by molar-refractivity contribution is 0.0656. The Hall–Kier alpha value is -2.89. The van der Waals surface area contributed by atoms with Crippen molar-refractivity contribution in [2.45, 2.75) is 37.9 Å². The number of amides is 1. The second-order valence-corrected chi connectivity index (χ2v) is 7.22. The minimum atomic E-state index is 0.130. The van der Waals surface area contributed by atoms with Gasteiger partial charge in [-0.1, -0.05) is 30.3 Å². The van der Waals surface area contributed by atoms with Crippen LogP contribution in [0.1, 0.15) is 29.2 Å². The Morgan fingerprint density at radius 2 is 1.85 bits per heavy atom. The van der Waals surface area contributed by atoms with Gasteiger partial charge in [0.05, 0.1) is 6.04 Å². The van der Waals surface area contributed by atoms with Crippen LogP contribution in [-0.4, -0.2) is 42.2 Å². The van der Waals surface area contributed by atoms with Gasteiger partial charge in [-0.2, -0.15) is 0 Å². The van der Waals surface area contributed by atoms with Crippen LogP contribution >= 0.6 is 0 Å². The van der Waals surface area contributed by atoms with Gasteiger partial charge in [-0.05, 0) is 25.0 Å². The van der Waals surface area contributed by atoms with Crippen LogP contribution in [0.2, 0.25) is 0 Å². The first-order valence-electron chi connectivity index (χ1n) is 9.14. The first kappa shape index (κ1) is 15.4. The average molecular weight is 347 g/mol. The number of aryl methyl sites for hydroxylation is 1. The van der Waals surface area contributed by atoms with Gasteiger partial charge in [0.15, 0.2) is 5.82 Å². The Bertz CT molecular complexity index is 958. The molecule has 0 aliphatic carbocycles. The van der Waals surface area contributed by atoms with Crippen molar-refractivity contribution in [1.29, 1.82) is 0 Å². The molecule has 2 unspecified atom stereocenters. The van der Waals surface area contributed by atoms with Crippen molar-refractivity contribution in [2.75, 3.05) is 0 Å². The normalized spacial score (nSPS) is 21.5. The summed E-state index contributed by atoms with van der Waals surface area (Å²) in [4.78, 5) is 15.3. The molecule has 2 aromatic heterocycles. The number of benzene rings is 1. The molecule has 0 spiro atoms. The summed E-state index contributed by atoms with van der Waals surface area (Å²) in [5.74, 6) is 2.02. The average Bonchev–Trinajstić information content (AvgIpc) is 3.32. The highest BCUT2D eigenvalue weighted by Gasteiger charge is 2.41. The van der Waals surface area contributed by atoms with E-state index in [4.69, 9.17) is 0 Å². The Balaban J connectivity index is 1.51. The van der Waals surface area contributed by atoms with Crippen LogP contribution in [0.25, 0.3) is 11.4 Å². The van der Waals surface area contributed by atoms with Crippen molar-refractivity contribution >= 4 is 5.91 Å². The first-order chi connectivity index (χ1) is 12.7. The van der Waals surface area contributed by atoms with Gasteiger partial charge in [0, 0.05) is 37.8 Å². The van der Waals surface area contributed by atoms with Gasteiger partial charge in [-0.25, -0.2) is 0 Å². The van der Waals surface area contributed by atoms with Crippen molar-refractivity contribution in [1.82, 2.24) is 24.2 Å². The van der Waals surface area contributed by atoms with Crippen LogP contribution in [0, 0.1) is 0 Å². The largest absolute Gasteiger partial charge is 0.347 e. The van der Waals surface area contributed by atoms with E-state index in [1.54, 1.807) is 0 Å². The van der Waals surface area contributed by atoms with E-state index in [1.165, 1.54) is 0 Å². The molecule has 5 rings (SSSR count). The molecule has 6 nitrogen and oxygen atoms in total. The van der Waals surface area contributed by atoms with E-state index < -0.39 is 0 Å². The van der Waals surface area contributed by atoms with Gasteiger partial charge in [-0.3, -0.25) is 4.79 Å². The summed E-state index contributed by atoms with van der Waals surface area (Å²) in [6.07, 6.45) is 4.77. The second-order valence-electron chi connectivity index (χ2n) is 7.22. The van der Waals surface area contributed by atoms with E-state index in [0.29, 0.717) is 0 Å². The summed E-state index contributed by atoms with van der Waals surface area (Å²) < 4.78 is 4.12. The predicted octanol–water partition coefficient (Wildman–Crippen LogP) is 2.51. The number of hydrogen-bond donors (Lipinski definition) is 0. The van der Waals surface area contributed by atoms with Crippen LogP contribution in [0.3, 0.4) is 0 Å². The van der Waals surface area contributed by atoms with Crippen LogP contribution in [0.4, 0.5) is 0 Å². The van der Waals surface area contributed by atoms with Crippen molar-refractivity contribution in [3.05, 3.63) is 60.2 Å². The highest BCUT2D eigenvalue weighted by molar-refractivity contribution is 5.93. The maximum Gasteiger partial charge on any atom is 0.271 e. The summed E-state index contributed by atoms with van der Waals surface area (Å²) >= 11 is 0. The fourth-order valence-corrected chi connectivity index (χ4v) is 4.39. The van der Waals surface area contributed by atoms with E-state index in [0.717, 1.165) is 48.7 Å². The molecule has 132 valence electrons. The zero-order valence-electron chi connectivity index (χ0n) is 14.7. The number of hydrogen-bond acceptors (Lipinski definition) is 3. The van der Waals surface area contributed by atoms with Crippen LogP contribution in [0.15, 0.2) is 48.7 Å². The van der Waals surface area contributed by atoms with Crippen molar-refractivity contribution in [3.63, 3.8) is 0 Å². The van der Waals surface area contributed by atoms with E-state index in [2.05, 4.69) is 31.8 Å². The summed E-state index contributed by atoms with van der Waals surface area (Å²) in [6.45, 7) is 0.763. The van der Waals surface area contributed by atoms with Gasteiger partial charge < -0.3 is 14.0 Å². The molecule has 3 aromatic rings. The van der Waals surface area contributed by atoms with Crippen LogP contribution < -0.4 is 0 Å². The van der Waals surface area contributed by atoms with Gasteiger partial charge in [0.25, 0.3) is 5.91 Å². The molecule has 1 saturated heterocycles. The first-order valence-corrected chi connectivity index (χ1v) is 9.14. The lowest BCUT2D eigenvalue weighted by atomic mass is 10.1. The smallest absolute Gasteiger partial charge is 0.271 e. The number of nitrogens with zero attached hydrogens (tertiary/aromatic N) is 5. The van der Waals surface area contributed by atoms with Gasteiger partial charge >= 0.3 is 0 Å². The standard InChI is InChI=1S/C20H21N5O/c1-23-11-5-8-17(23)20(26)25-15-9-10-16(25)13-24-18(12-15)21-22-19(24)14-6-3-2-4-7-14/h2-8,11,15-16H,9-10,12-13H2,1H3. The minimum absolute atomic E-state index is 0.130.